The molecule has 0 N–H and O–H groups in total. The number of allylic oxidation sites excluding steroid dienone is 2. The Balaban J connectivity index is 1.66. The first kappa shape index (κ1) is 20.3. The molecule has 1 atom stereocenters. The van der Waals surface area contributed by atoms with E-state index in [0.717, 1.165) is 28.3 Å². The Hall–Kier alpha value is -3.34. The van der Waals surface area contributed by atoms with Crippen LogP contribution in [0.2, 0.25) is 0 Å². The van der Waals surface area contributed by atoms with E-state index in [1.807, 2.05) is 17.8 Å². The number of aryl methyl sites for hydroxylation is 2. The standard InChI is InChI=1S/C27H20Cl2N4/c1-16-10-12-20(13-11-16)33-27-24(17(2)31-33)25(32-15-19(28)14-23(29)26(32)30-27)22-9-5-7-18-6-3-4-8-21(18)22/h3-15,25H,1-2H3/t25-/m1/s1. The molecule has 0 saturated heterocycles. The molecule has 2 aliphatic rings. The highest BCUT2D eigenvalue weighted by molar-refractivity contribution is 6.45. The number of halogens is 2. The van der Waals surface area contributed by atoms with Crippen molar-refractivity contribution in [3.8, 4) is 5.69 Å². The van der Waals surface area contributed by atoms with Crippen molar-refractivity contribution in [1.82, 2.24) is 14.7 Å². The molecule has 0 amide bonds. The van der Waals surface area contributed by atoms with Crippen molar-refractivity contribution in [2.75, 3.05) is 0 Å². The summed E-state index contributed by atoms with van der Waals surface area (Å²) in [5.74, 6) is 1.46. The number of rotatable bonds is 2. The van der Waals surface area contributed by atoms with Gasteiger partial charge in [-0.05, 0) is 48.4 Å². The van der Waals surface area contributed by atoms with Crippen LogP contribution in [0.3, 0.4) is 0 Å². The predicted octanol–water partition coefficient (Wildman–Crippen LogP) is 7.29. The number of benzene rings is 3. The van der Waals surface area contributed by atoms with Crippen LogP contribution >= 0.6 is 23.2 Å². The monoisotopic (exact) mass is 470 g/mol. The summed E-state index contributed by atoms with van der Waals surface area (Å²) in [5, 5.41) is 8.34. The molecule has 0 fully saturated rings. The van der Waals surface area contributed by atoms with E-state index in [9.17, 15) is 0 Å². The van der Waals surface area contributed by atoms with Crippen molar-refractivity contribution in [3.63, 3.8) is 0 Å². The summed E-state index contributed by atoms with van der Waals surface area (Å²) in [6.07, 6.45) is 3.65. The number of hydrogen-bond donors (Lipinski definition) is 0. The second-order valence-electron chi connectivity index (χ2n) is 8.39. The number of aromatic nitrogens is 2. The summed E-state index contributed by atoms with van der Waals surface area (Å²) < 4.78 is 1.91. The van der Waals surface area contributed by atoms with Gasteiger partial charge >= 0.3 is 0 Å². The number of hydrogen-bond acceptors (Lipinski definition) is 3. The number of nitrogens with zero attached hydrogens (tertiary/aromatic N) is 4. The highest BCUT2D eigenvalue weighted by Gasteiger charge is 2.38. The molecule has 0 saturated carbocycles. The smallest absolute Gasteiger partial charge is 0.164 e. The van der Waals surface area contributed by atoms with Gasteiger partial charge in [-0.1, -0.05) is 83.4 Å². The van der Waals surface area contributed by atoms with Crippen LogP contribution in [-0.2, 0) is 0 Å². The van der Waals surface area contributed by atoms with Crippen LogP contribution in [0.5, 0.6) is 0 Å². The summed E-state index contributed by atoms with van der Waals surface area (Å²) in [6, 6.07) is 22.9. The van der Waals surface area contributed by atoms with Crippen molar-refractivity contribution in [3.05, 3.63) is 111 Å². The van der Waals surface area contributed by atoms with Gasteiger partial charge in [0.25, 0.3) is 0 Å². The average Bonchev–Trinajstić information content (AvgIpc) is 3.14. The van der Waals surface area contributed by atoms with E-state index in [4.69, 9.17) is 33.3 Å². The van der Waals surface area contributed by atoms with Gasteiger partial charge < -0.3 is 4.90 Å². The van der Waals surface area contributed by atoms with E-state index >= 15 is 0 Å². The maximum Gasteiger partial charge on any atom is 0.164 e. The molecular weight excluding hydrogens is 451 g/mol. The Kier molecular flexibility index (Phi) is 4.68. The van der Waals surface area contributed by atoms with Gasteiger partial charge in [0.2, 0.25) is 0 Å². The summed E-state index contributed by atoms with van der Waals surface area (Å²) >= 11 is 13.2. The minimum Gasteiger partial charge on any atom is -0.318 e. The topological polar surface area (TPSA) is 33.4 Å². The fraction of sp³-hybridized carbons (Fsp3) is 0.111. The summed E-state index contributed by atoms with van der Waals surface area (Å²) in [6.45, 7) is 4.11. The van der Waals surface area contributed by atoms with E-state index in [0.29, 0.717) is 15.9 Å². The van der Waals surface area contributed by atoms with Crippen molar-refractivity contribution >= 4 is 45.6 Å². The van der Waals surface area contributed by atoms with E-state index in [-0.39, 0.29) is 6.04 Å². The predicted molar refractivity (Wildman–Crippen MR) is 136 cm³/mol. The largest absolute Gasteiger partial charge is 0.318 e. The van der Waals surface area contributed by atoms with Crippen molar-refractivity contribution in [1.29, 1.82) is 0 Å². The maximum atomic E-state index is 6.68. The molecule has 0 radical (unpaired) electrons. The fourth-order valence-electron chi connectivity index (χ4n) is 4.70. The molecule has 4 aromatic rings. The van der Waals surface area contributed by atoms with Gasteiger partial charge in [0, 0.05) is 11.8 Å². The van der Waals surface area contributed by atoms with Gasteiger partial charge in [-0.2, -0.15) is 5.10 Å². The molecule has 6 rings (SSSR count). The lowest BCUT2D eigenvalue weighted by atomic mass is 9.91. The van der Waals surface area contributed by atoms with Crippen molar-refractivity contribution in [2.45, 2.75) is 19.9 Å². The third-order valence-electron chi connectivity index (χ3n) is 6.23. The molecule has 4 nitrogen and oxygen atoms in total. The number of fused-ring (bicyclic) bond motifs is 3. The van der Waals surface area contributed by atoms with E-state index in [1.165, 1.54) is 16.3 Å². The Labute approximate surface area is 202 Å². The maximum absolute atomic E-state index is 6.68. The Bertz CT molecular complexity index is 1500. The molecular formula is C27H20Cl2N4. The summed E-state index contributed by atoms with van der Waals surface area (Å²) in [4.78, 5) is 7.07. The van der Waals surface area contributed by atoms with Crippen LogP contribution in [0, 0.1) is 13.8 Å². The molecule has 0 spiro atoms. The van der Waals surface area contributed by atoms with E-state index < -0.39 is 0 Å². The normalized spacial score (nSPS) is 17.3. The van der Waals surface area contributed by atoms with Crippen LogP contribution in [0.1, 0.15) is 28.4 Å². The van der Waals surface area contributed by atoms with Gasteiger partial charge in [0.05, 0.1) is 27.5 Å². The molecule has 0 bridgehead atoms. The third-order valence-corrected chi connectivity index (χ3v) is 6.71. The lowest BCUT2D eigenvalue weighted by Gasteiger charge is -2.37. The van der Waals surface area contributed by atoms with Crippen LogP contribution < -0.4 is 0 Å². The Morgan fingerprint density at radius 3 is 2.45 bits per heavy atom. The van der Waals surface area contributed by atoms with E-state index in [1.54, 1.807) is 6.08 Å². The summed E-state index contributed by atoms with van der Waals surface area (Å²) in [7, 11) is 0. The molecule has 0 aliphatic carbocycles. The highest BCUT2D eigenvalue weighted by Crippen LogP contribution is 2.46. The minimum atomic E-state index is -0.172. The van der Waals surface area contributed by atoms with Crippen molar-refractivity contribution < 1.29 is 0 Å². The van der Waals surface area contributed by atoms with Gasteiger partial charge in [0.15, 0.2) is 11.7 Å². The lowest BCUT2D eigenvalue weighted by Crippen LogP contribution is -2.36. The zero-order valence-corrected chi connectivity index (χ0v) is 19.6. The Morgan fingerprint density at radius 2 is 1.64 bits per heavy atom. The molecule has 162 valence electrons. The van der Waals surface area contributed by atoms with Gasteiger partial charge in [-0.15, -0.1) is 0 Å². The molecule has 1 aromatic heterocycles. The fourth-order valence-corrected chi connectivity index (χ4v) is 5.23. The molecule has 33 heavy (non-hydrogen) atoms. The molecule has 3 aromatic carbocycles. The van der Waals surface area contributed by atoms with Crippen LogP contribution in [-0.4, -0.2) is 20.5 Å². The molecule has 3 heterocycles. The van der Waals surface area contributed by atoms with Crippen LogP contribution in [0.4, 0.5) is 5.82 Å². The number of aliphatic imine (C=N–C) groups is 1. The second kappa shape index (κ2) is 7.62. The second-order valence-corrected chi connectivity index (χ2v) is 9.23. The van der Waals surface area contributed by atoms with Gasteiger partial charge in [-0.25, -0.2) is 9.67 Å². The zero-order chi connectivity index (χ0) is 22.7. The first-order valence-corrected chi connectivity index (χ1v) is 11.5. The third kappa shape index (κ3) is 3.21. The minimum absolute atomic E-state index is 0.172. The molecule has 2 aliphatic heterocycles. The highest BCUT2D eigenvalue weighted by atomic mass is 35.5. The molecule has 0 unspecified atom stereocenters. The van der Waals surface area contributed by atoms with E-state index in [2.05, 4.69) is 78.6 Å². The van der Waals surface area contributed by atoms with Crippen LogP contribution in [0.25, 0.3) is 16.5 Å². The van der Waals surface area contributed by atoms with Gasteiger partial charge in [-0.3, -0.25) is 0 Å². The van der Waals surface area contributed by atoms with Gasteiger partial charge in [0.1, 0.15) is 0 Å². The Morgan fingerprint density at radius 1 is 0.879 bits per heavy atom. The quantitative estimate of drug-likeness (QED) is 0.308. The van der Waals surface area contributed by atoms with Crippen molar-refractivity contribution in [2.24, 2.45) is 4.99 Å². The number of amidine groups is 1. The first-order chi connectivity index (χ1) is 16.0. The lowest BCUT2D eigenvalue weighted by molar-refractivity contribution is 0.463. The summed E-state index contributed by atoms with van der Waals surface area (Å²) in [5.41, 5.74) is 5.27. The molecule has 6 heteroatoms. The zero-order valence-electron chi connectivity index (χ0n) is 18.1. The SMILES string of the molecule is Cc1ccc(-n2nc(C)c3c2N=C2C(Cl)=CC(Cl)=CN2[C@@H]3c2cccc3ccccc23)cc1. The average molecular weight is 471 g/mol. The van der Waals surface area contributed by atoms with Crippen LogP contribution in [0.15, 0.2) is 94.1 Å². The first-order valence-electron chi connectivity index (χ1n) is 10.8.